The van der Waals surface area contributed by atoms with Crippen molar-refractivity contribution in [1.29, 1.82) is 0 Å². The molecule has 0 radical (unpaired) electrons. The number of hydrogen-bond acceptors (Lipinski definition) is 6. The zero-order valence-electron chi connectivity index (χ0n) is 14.9. The molecule has 2 amide bonds. The molecule has 0 unspecified atom stereocenters. The van der Waals surface area contributed by atoms with Gasteiger partial charge in [0, 0.05) is 25.1 Å². The number of rotatable bonds is 6. The van der Waals surface area contributed by atoms with Gasteiger partial charge in [-0.2, -0.15) is 0 Å². The summed E-state index contributed by atoms with van der Waals surface area (Å²) in [5, 5.41) is 13.4. The SMILES string of the molecule is Cc1ccc([N+](=O)[O-])cc1NC(=O)CCCN1C(=O)c2ccccc2S1(=O)=O. The molecule has 0 bridgehead atoms. The summed E-state index contributed by atoms with van der Waals surface area (Å²) in [4.78, 5) is 34.7. The number of carbonyl (C=O) groups excluding carboxylic acids is 2. The molecule has 2 aromatic rings. The Hall–Kier alpha value is -3.27. The number of fused-ring (bicyclic) bond motifs is 1. The zero-order valence-corrected chi connectivity index (χ0v) is 15.7. The Morgan fingerprint density at radius 3 is 2.61 bits per heavy atom. The van der Waals surface area contributed by atoms with E-state index in [0.29, 0.717) is 11.3 Å². The lowest BCUT2D eigenvalue weighted by Crippen LogP contribution is -2.31. The number of nitro benzene ring substituents is 1. The number of carbonyl (C=O) groups is 2. The number of nitrogens with one attached hydrogen (secondary N) is 1. The summed E-state index contributed by atoms with van der Waals surface area (Å²) < 4.78 is 25.7. The minimum absolute atomic E-state index is 0.0309. The van der Waals surface area contributed by atoms with E-state index in [1.807, 2.05) is 0 Å². The van der Waals surface area contributed by atoms with Crippen LogP contribution in [0.15, 0.2) is 47.4 Å². The van der Waals surface area contributed by atoms with Crippen LogP contribution in [0.1, 0.15) is 28.8 Å². The van der Waals surface area contributed by atoms with E-state index in [4.69, 9.17) is 0 Å². The van der Waals surface area contributed by atoms with Crippen molar-refractivity contribution in [2.24, 2.45) is 0 Å². The van der Waals surface area contributed by atoms with Gasteiger partial charge in [-0.15, -0.1) is 0 Å². The van der Waals surface area contributed by atoms with Crippen LogP contribution in [0.3, 0.4) is 0 Å². The van der Waals surface area contributed by atoms with Gasteiger partial charge in [0.2, 0.25) is 5.91 Å². The molecular formula is C18H17N3O6S. The highest BCUT2D eigenvalue weighted by molar-refractivity contribution is 7.90. The Bertz CT molecular complexity index is 1080. The topological polar surface area (TPSA) is 127 Å². The predicted octanol–water partition coefficient (Wildman–Crippen LogP) is 2.47. The summed E-state index contributed by atoms with van der Waals surface area (Å²) in [5.74, 6) is -1.03. The molecule has 0 spiro atoms. The Kier molecular flexibility index (Phi) is 5.14. The lowest BCUT2D eigenvalue weighted by molar-refractivity contribution is -0.384. The maximum absolute atomic E-state index is 12.4. The number of nitro groups is 1. The first-order valence-corrected chi connectivity index (χ1v) is 9.87. The molecule has 1 aliphatic rings. The second kappa shape index (κ2) is 7.39. The second-order valence-electron chi connectivity index (χ2n) is 6.29. The smallest absolute Gasteiger partial charge is 0.271 e. The first-order chi connectivity index (χ1) is 13.2. The van der Waals surface area contributed by atoms with E-state index in [0.717, 1.165) is 4.31 Å². The van der Waals surface area contributed by atoms with Crippen LogP contribution in [0.25, 0.3) is 0 Å². The monoisotopic (exact) mass is 403 g/mol. The molecule has 0 aliphatic carbocycles. The van der Waals surface area contributed by atoms with Crippen LogP contribution in [-0.2, 0) is 14.8 Å². The van der Waals surface area contributed by atoms with Crippen molar-refractivity contribution < 1.29 is 22.9 Å². The van der Waals surface area contributed by atoms with Gasteiger partial charge < -0.3 is 5.32 Å². The van der Waals surface area contributed by atoms with Gasteiger partial charge in [-0.3, -0.25) is 19.7 Å². The third-order valence-electron chi connectivity index (χ3n) is 4.38. The van der Waals surface area contributed by atoms with Gasteiger partial charge in [-0.25, -0.2) is 12.7 Å². The van der Waals surface area contributed by atoms with E-state index in [1.54, 1.807) is 19.1 Å². The number of aryl methyl sites for hydroxylation is 1. The number of anilines is 1. The van der Waals surface area contributed by atoms with E-state index >= 15 is 0 Å². The molecule has 10 heteroatoms. The van der Waals surface area contributed by atoms with Crippen LogP contribution < -0.4 is 5.32 Å². The normalized spacial score (nSPS) is 14.6. The van der Waals surface area contributed by atoms with Gasteiger partial charge in [0.05, 0.1) is 16.2 Å². The highest BCUT2D eigenvalue weighted by Crippen LogP contribution is 2.30. The zero-order chi connectivity index (χ0) is 20.5. The largest absolute Gasteiger partial charge is 0.326 e. The summed E-state index contributed by atoms with van der Waals surface area (Å²) in [6, 6.07) is 10.1. The van der Waals surface area contributed by atoms with Gasteiger partial charge in [0.15, 0.2) is 0 Å². The van der Waals surface area contributed by atoms with Gasteiger partial charge >= 0.3 is 0 Å². The maximum Gasteiger partial charge on any atom is 0.271 e. The lowest BCUT2D eigenvalue weighted by Gasteiger charge is -2.15. The molecule has 28 heavy (non-hydrogen) atoms. The molecule has 1 heterocycles. The number of benzene rings is 2. The first kappa shape index (κ1) is 19.5. The summed E-state index contributed by atoms with van der Waals surface area (Å²) >= 11 is 0. The fraction of sp³-hybridized carbons (Fsp3) is 0.222. The van der Waals surface area contributed by atoms with Gasteiger partial charge in [-0.05, 0) is 31.0 Å². The number of nitrogens with zero attached hydrogens (tertiary/aromatic N) is 2. The highest BCUT2D eigenvalue weighted by atomic mass is 32.2. The summed E-state index contributed by atoms with van der Waals surface area (Å²) in [6.45, 7) is 1.57. The lowest BCUT2D eigenvalue weighted by atomic mass is 10.1. The van der Waals surface area contributed by atoms with Crippen molar-refractivity contribution in [1.82, 2.24) is 4.31 Å². The Balaban J connectivity index is 1.62. The van der Waals surface area contributed by atoms with Crippen molar-refractivity contribution in [2.75, 3.05) is 11.9 Å². The molecule has 3 rings (SSSR count). The molecule has 9 nitrogen and oxygen atoms in total. The number of amides is 2. The van der Waals surface area contributed by atoms with Crippen LogP contribution in [-0.4, -0.2) is 36.0 Å². The van der Waals surface area contributed by atoms with E-state index < -0.39 is 26.8 Å². The molecule has 0 fully saturated rings. The Morgan fingerprint density at radius 2 is 1.93 bits per heavy atom. The Morgan fingerprint density at radius 1 is 1.21 bits per heavy atom. The van der Waals surface area contributed by atoms with E-state index in [-0.39, 0.29) is 35.5 Å². The molecule has 146 valence electrons. The molecule has 0 saturated heterocycles. The number of sulfonamides is 1. The van der Waals surface area contributed by atoms with E-state index in [1.165, 1.54) is 30.3 Å². The van der Waals surface area contributed by atoms with Crippen molar-refractivity contribution in [3.05, 3.63) is 63.7 Å². The fourth-order valence-electron chi connectivity index (χ4n) is 2.91. The summed E-state index contributed by atoms with van der Waals surface area (Å²) in [5.41, 5.74) is 0.953. The molecule has 2 aromatic carbocycles. The van der Waals surface area contributed by atoms with Crippen molar-refractivity contribution in [3.63, 3.8) is 0 Å². The van der Waals surface area contributed by atoms with Crippen molar-refractivity contribution in [3.8, 4) is 0 Å². The standard InChI is InChI=1S/C18H17N3O6S/c1-12-8-9-13(21(24)25)11-15(12)19-17(22)7-4-10-20-18(23)14-5-2-3-6-16(14)28(20,26)27/h2-3,5-6,8-9,11H,4,7,10H2,1H3,(H,19,22). The molecule has 1 aliphatic heterocycles. The second-order valence-corrected chi connectivity index (χ2v) is 8.12. The third kappa shape index (κ3) is 3.58. The summed E-state index contributed by atoms with van der Waals surface area (Å²) in [6.07, 6.45) is 0.0799. The molecule has 1 N–H and O–H groups in total. The highest BCUT2D eigenvalue weighted by Gasteiger charge is 2.40. The quantitative estimate of drug-likeness (QED) is 0.583. The van der Waals surface area contributed by atoms with Crippen LogP contribution in [0.4, 0.5) is 11.4 Å². The van der Waals surface area contributed by atoms with Crippen LogP contribution in [0.2, 0.25) is 0 Å². The minimum Gasteiger partial charge on any atom is -0.326 e. The van der Waals surface area contributed by atoms with E-state index in [9.17, 15) is 28.1 Å². The molecule has 0 aromatic heterocycles. The molecule has 0 atom stereocenters. The first-order valence-electron chi connectivity index (χ1n) is 8.43. The third-order valence-corrected chi connectivity index (χ3v) is 6.22. The van der Waals surface area contributed by atoms with Crippen LogP contribution >= 0.6 is 0 Å². The van der Waals surface area contributed by atoms with E-state index in [2.05, 4.69) is 5.32 Å². The van der Waals surface area contributed by atoms with Crippen LogP contribution in [0, 0.1) is 17.0 Å². The number of hydrogen-bond donors (Lipinski definition) is 1. The predicted molar refractivity (Wildman–Crippen MR) is 100 cm³/mol. The van der Waals surface area contributed by atoms with Gasteiger partial charge in [-0.1, -0.05) is 18.2 Å². The average molecular weight is 403 g/mol. The number of non-ortho nitro benzene ring substituents is 1. The van der Waals surface area contributed by atoms with Crippen molar-refractivity contribution >= 4 is 33.2 Å². The fourth-order valence-corrected chi connectivity index (χ4v) is 4.51. The van der Waals surface area contributed by atoms with Crippen LogP contribution in [0.5, 0.6) is 0 Å². The minimum atomic E-state index is -3.90. The summed E-state index contributed by atoms with van der Waals surface area (Å²) in [7, 11) is -3.90. The molecular weight excluding hydrogens is 386 g/mol. The van der Waals surface area contributed by atoms with Gasteiger partial charge in [0.1, 0.15) is 4.90 Å². The van der Waals surface area contributed by atoms with Crippen molar-refractivity contribution in [2.45, 2.75) is 24.7 Å². The van der Waals surface area contributed by atoms with Gasteiger partial charge in [0.25, 0.3) is 21.6 Å². The molecule has 0 saturated carbocycles. The maximum atomic E-state index is 12.4. The Labute approximate surface area is 161 Å². The average Bonchev–Trinajstić information content (AvgIpc) is 2.84.